The topological polar surface area (TPSA) is 37.3 Å². The van der Waals surface area contributed by atoms with Gasteiger partial charge in [-0.1, -0.05) is 0 Å². The molecule has 0 spiro atoms. The van der Waals surface area contributed by atoms with Crippen molar-refractivity contribution in [1.29, 1.82) is 0 Å². The number of alkyl halides is 1. The quantitative estimate of drug-likeness (QED) is 0.481. The first-order chi connectivity index (χ1) is 3.95. The fraction of sp³-hybridized carbons (Fsp3) is 0.833. The van der Waals surface area contributed by atoms with Crippen molar-refractivity contribution in [3.63, 3.8) is 0 Å². The van der Waals surface area contributed by atoms with Crippen molar-refractivity contribution in [3.8, 4) is 0 Å². The number of rotatable bonds is 3. The first kappa shape index (κ1) is 8.92. The average Bonchev–Trinajstić information content (AvgIpc) is 1.62. The number of carbonyl (C=O) groups is 1. The third kappa shape index (κ3) is 5.80. The lowest BCUT2D eigenvalue weighted by Gasteiger charge is -2.16. The van der Waals surface area contributed by atoms with E-state index in [0.717, 1.165) is 0 Å². The highest BCUT2D eigenvalue weighted by atomic mass is 35.5. The molecule has 1 unspecified atom stereocenters. The molecule has 0 amide bonds. The van der Waals surface area contributed by atoms with E-state index in [0.29, 0.717) is 12.7 Å². The molecule has 9 heavy (non-hydrogen) atoms. The molecule has 0 fully saturated rings. The molecule has 0 aliphatic rings. The fourth-order valence-corrected chi connectivity index (χ4v) is 0.903. The van der Waals surface area contributed by atoms with E-state index in [2.05, 4.69) is 0 Å². The highest BCUT2D eigenvalue weighted by Gasteiger charge is 2.17. The van der Waals surface area contributed by atoms with Crippen molar-refractivity contribution in [2.45, 2.75) is 31.2 Å². The zero-order chi connectivity index (χ0) is 7.49. The molecular weight excluding hydrogens is 140 g/mol. The Kier molecular flexibility index (Phi) is 3.15. The monoisotopic (exact) mass is 150 g/mol. The number of hydrogen-bond acceptors (Lipinski definition) is 2. The van der Waals surface area contributed by atoms with Gasteiger partial charge in [0.25, 0.3) is 0 Å². The Morgan fingerprint density at radius 3 is 2.33 bits per heavy atom. The van der Waals surface area contributed by atoms with E-state index < -0.39 is 11.0 Å². The Hall–Kier alpha value is -0.0800. The molecule has 3 heteroatoms. The fourth-order valence-electron chi connectivity index (χ4n) is 0.525. The molecule has 0 bridgehead atoms. The van der Waals surface area contributed by atoms with Crippen LogP contribution in [0.5, 0.6) is 0 Å². The third-order valence-electron chi connectivity index (χ3n) is 0.842. The van der Waals surface area contributed by atoms with Crippen LogP contribution in [0.3, 0.4) is 0 Å². The van der Waals surface area contributed by atoms with E-state index in [1.165, 1.54) is 0 Å². The Labute approximate surface area is 59.8 Å². The lowest BCUT2D eigenvalue weighted by atomic mass is 10.0. The van der Waals surface area contributed by atoms with Gasteiger partial charge in [-0.25, -0.2) is 0 Å². The number of aldehydes is 1. The predicted octanol–water partition coefficient (Wildman–Crippen LogP) is 0.954. The molecule has 0 saturated carbocycles. The Balaban J connectivity index is 3.59. The van der Waals surface area contributed by atoms with E-state index in [1.807, 2.05) is 0 Å². The van der Waals surface area contributed by atoms with Crippen molar-refractivity contribution in [3.05, 3.63) is 0 Å². The van der Waals surface area contributed by atoms with Crippen LogP contribution in [0.15, 0.2) is 0 Å². The smallest absolute Gasteiger partial charge is 0.137 e. The molecule has 0 aromatic carbocycles. The van der Waals surface area contributed by atoms with Crippen LogP contribution in [0.25, 0.3) is 0 Å². The first-order valence-corrected chi connectivity index (χ1v) is 3.21. The third-order valence-corrected chi connectivity index (χ3v) is 1.10. The first-order valence-electron chi connectivity index (χ1n) is 2.77. The number of hydrogen-bond donors (Lipinski definition) is 1. The van der Waals surface area contributed by atoms with Gasteiger partial charge in [0.1, 0.15) is 6.29 Å². The number of aliphatic hydroxyl groups is 1. The van der Waals surface area contributed by atoms with Crippen LogP contribution in [0.4, 0.5) is 0 Å². The van der Waals surface area contributed by atoms with Crippen molar-refractivity contribution in [2.75, 3.05) is 0 Å². The molecule has 54 valence electrons. The van der Waals surface area contributed by atoms with Crippen LogP contribution in [-0.2, 0) is 4.79 Å². The van der Waals surface area contributed by atoms with E-state index >= 15 is 0 Å². The molecule has 1 atom stereocenters. The van der Waals surface area contributed by atoms with Gasteiger partial charge >= 0.3 is 0 Å². The van der Waals surface area contributed by atoms with Gasteiger partial charge in [0.15, 0.2) is 0 Å². The summed E-state index contributed by atoms with van der Waals surface area (Å²) in [6, 6.07) is 0. The van der Waals surface area contributed by atoms with E-state index in [1.54, 1.807) is 13.8 Å². The van der Waals surface area contributed by atoms with E-state index in [4.69, 9.17) is 16.7 Å². The molecule has 0 rings (SSSR count). The molecule has 0 aliphatic carbocycles. The van der Waals surface area contributed by atoms with Crippen molar-refractivity contribution < 1.29 is 9.90 Å². The largest absolute Gasteiger partial charge is 0.390 e. The SMILES string of the molecule is CC(C)(O)CC(Cl)C=O. The summed E-state index contributed by atoms with van der Waals surface area (Å²) >= 11 is 5.42. The van der Waals surface area contributed by atoms with Gasteiger partial charge in [0, 0.05) is 0 Å². The summed E-state index contributed by atoms with van der Waals surface area (Å²) in [4.78, 5) is 9.94. The van der Waals surface area contributed by atoms with Crippen LogP contribution in [0.1, 0.15) is 20.3 Å². The van der Waals surface area contributed by atoms with E-state index in [9.17, 15) is 4.79 Å². The second-order valence-corrected chi connectivity index (χ2v) is 3.23. The molecule has 0 aromatic heterocycles. The molecule has 0 aliphatic heterocycles. The minimum Gasteiger partial charge on any atom is -0.390 e. The maximum atomic E-state index is 9.94. The molecule has 2 nitrogen and oxygen atoms in total. The summed E-state index contributed by atoms with van der Waals surface area (Å²) in [6.07, 6.45) is 0.928. The van der Waals surface area contributed by atoms with Gasteiger partial charge in [-0.15, -0.1) is 11.6 Å². The summed E-state index contributed by atoms with van der Waals surface area (Å²) in [5, 5.41) is 8.51. The zero-order valence-corrected chi connectivity index (χ0v) is 6.35. The standard InChI is InChI=1S/C6H11ClO2/c1-6(2,9)3-5(7)4-8/h4-5,9H,3H2,1-2H3. The van der Waals surface area contributed by atoms with Crippen LogP contribution in [-0.4, -0.2) is 22.4 Å². The molecule has 0 heterocycles. The highest BCUT2D eigenvalue weighted by Crippen LogP contribution is 2.12. The van der Waals surface area contributed by atoms with Crippen LogP contribution in [0.2, 0.25) is 0 Å². The van der Waals surface area contributed by atoms with Crippen molar-refractivity contribution in [2.24, 2.45) is 0 Å². The Morgan fingerprint density at radius 2 is 2.22 bits per heavy atom. The normalized spacial score (nSPS) is 15.1. The summed E-state index contributed by atoms with van der Waals surface area (Å²) in [5.41, 5.74) is -0.840. The van der Waals surface area contributed by atoms with Gasteiger partial charge in [0.05, 0.1) is 11.0 Å². The lowest BCUT2D eigenvalue weighted by molar-refractivity contribution is -0.108. The minimum absolute atomic E-state index is 0.304. The van der Waals surface area contributed by atoms with Crippen molar-refractivity contribution >= 4 is 17.9 Å². The predicted molar refractivity (Wildman–Crippen MR) is 36.6 cm³/mol. The summed E-state index contributed by atoms with van der Waals surface area (Å²) in [7, 11) is 0. The maximum absolute atomic E-state index is 9.94. The van der Waals surface area contributed by atoms with Gasteiger partial charge in [-0.05, 0) is 20.3 Å². The van der Waals surface area contributed by atoms with Gasteiger partial charge in [-0.3, -0.25) is 0 Å². The van der Waals surface area contributed by atoms with E-state index in [-0.39, 0.29) is 0 Å². The number of carbonyl (C=O) groups excluding carboxylic acids is 1. The average molecular weight is 151 g/mol. The molecule has 0 radical (unpaired) electrons. The van der Waals surface area contributed by atoms with Crippen molar-refractivity contribution in [1.82, 2.24) is 0 Å². The maximum Gasteiger partial charge on any atom is 0.137 e. The number of halogens is 1. The highest BCUT2D eigenvalue weighted by molar-refractivity contribution is 6.27. The Morgan fingerprint density at radius 1 is 1.78 bits per heavy atom. The lowest BCUT2D eigenvalue weighted by Crippen LogP contribution is -2.23. The summed E-state index contributed by atoms with van der Waals surface area (Å²) in [5.74, 6) is 0. The van der Waals surface area contributed by atoms with Gasteiger partial charge < -0.3 is 9.90 Å². The van der Waals surface area contributed by atoms with Gasteiger partial charge in [-0.2, -0.15) is 0 Å². The molecule has 0 aromatic rings. The summed E-state index contributed by atoms with van der Waals surface area (Å²) < 4.78 is 0. The summed E-state index contributed by atoms with van der Waals surface area (Å²) in [6.45, 7) is 3.23. The van der Waals surface area contributed by atoms with Crippen LogP contribution >= 0.6 is 11.6 Å². The molecular formula is C6H11ClO2. The van der Waals surface area contributed by atoms with Crippen LogP contribution in [0, 0.1) is 0 Å². The zero-order valence-electron chi connectivity index (χ0n) is 5.60. The van der Waals surface area contributed by atoms with Gasteiger partial charge in [0.2, 0.25) is 0 Å². The minimum atomic E-state index is -0.840. The van der Waals surface area contributed by atoms with Crippen LogP contribution < -0.4 is 0 Å². The second-order valence-electron chi connectivity index (χ2n) is 2.67. The molecule has 0 saturated heterocycles. The Bertz CT molecular complexity index is 95.7. The molecule has 1 N–H and O–H groups in total. The second kappa shape index (κ2) is 3.18.